The van der Waals surface area contributed by atoms with E-state index in [4.69, 9.17) is 9.15 Å². The number of carbonyl (C=O) groups is 1. The lowest BCUT2D eigenvalue weighted by molar-refractivity contribution is 0.0923. The molecular formula is C20H19N3O3. The van der Waals surface area contributed by atoms with Gasteiger partial charge in [-0.05, 0) is 30.7 Å². The Balaban J connectivity index is 1.40. The highest BCUT2D eigenvalue weighted by Gasteiger charge is 2.20. The number of ether oxygens (including phenoxy) is 1. The molecule has 0 bridgehead atoms. The number of aryl methyl sites for hydroxylation is 1. The van der Waals surface area contributed by atoms with Gasteiger partial charge in [-0.3, -0.25) is 4.79 Å². The van der Waals surface area contributed by atoms with Crippen molar-refractivity contribution in [3.8, 4) is 5.75 Å². The number of carbonyl (C=O) groups excluding carboxylic acids is 1. The maximum atomic E-state index is 12.5. The predicted octanol–water partition coefficient (Wildman–Crippen LogP) is 3.61. The second-order valence-electron chi connectivity index (χ2n) is 6.00. The average Bonchev–Trinajstić information content (AvgIpc) is 3.26. The largest absolute Gasteiger partial charge is 0.492 e. The number of aromatic nitrogens is 2. The van der Waals surface area contributed by atoms with Gasteiger partial charge in [0.05, 0.1) is 29.9 Å². The number of hydrogen-bond donors (Lipinski definition) is 1. The van der Waals surface area contributed by atoms with Gasteiger partial charge in [0, 0.05) is 13.1 Å². The lowest BCUT2D eigenvalue weighted by Crippen LogP contribution is -2.25. The molecule has 4 aromatic rings. The number of hydrogen-bond acceptors (Lipinski definition) is 4. The predicted molar refractivity (Wildman–Crippen MR) is 99.4 cm³/mol. The summed E-state index contributed by atoms with van der Waals surface area (Å²) < 4.78 is 13.1. The first kappa shape index (κ1) is 16.2. The molecule has 2 heterocycles. The minimum atomic E-state index is -0.270. The highest BCUT2D eigenvalue weighted by Crippen LogP contribution is 2.32. The van der Waals surface area contributed by atoms with Crippen molar-refractivity contribution in [1.82, 2.24) is 14.9 Å². The Bertz CT molecular complexity index is 1060. The van der Waals surface area contributed by atoms with Gasteiger partial charge in [0.2, 0.25) is 5.76 Å². The van der Waals surface area contributed by atoms with Crippen molar-refractivity contribution >= 4 is 27.9 Å². The number of benzene rings is 2. The van der Waals surface area contributed by atoms with E-state index < -0.39 is 0 Å². The third-order valence-corrected chi connectivity index (χ3v) is 4.35. The number of nitrogens with zero attached hydrogens (tertiary/aromatic N) is 2. The summed E-state index contributed by atoms with van der Waals surface area (Å²) in [7, 11) is 1.54. The fourth-order valence-electron chi connectivity index (χ4n) is 3.09. The lowest BCUT2D eigenvalue weighted by Gasteiger charge is -2.06. The molecule has 0 aliphatic rings. The van der Waals surface area contributed by atoms with Crippen LogP contribution in [0, 0.1) is 0 Å². The molecule has 0 spiro atoms. The molecule has 0 saturated carbocycles. The second kappa shape index (κ2) is 6.92. The summed E-state index contributed by atoms with van der Waals surface area (Å²) in [6.45, 7) is 1.31. The number of imidazole rings is 1. The normalized spacial score (nSPS) is 11.1. The van der Waals surface area contributed by atoms with Crippen molar-refractivity contribution in [2.75, 3.05) is 13.7 Å². The minimum absolute atomic E-state index is 0.210. The summed E-state index contributed by atoms with van der Waals surface area (Å²) in [6, 6.07) is 15.4. The van der Waals surface area contributed by atoms with Crippen molar-refractivity contribution in [3.63, 3.8) is 0 Å². The first-order valence-electron chi connectivity index (χ1n) is 8.51. The van der Waals surface area contributed by atoms with E-state index in [0.29, 0.717) is 17.9 Å². The monoisotopic (exact) mass is 349 g/mol. The molecule has 6 nitrogen and oxygen atoms in total. The number of furan rings is 1. The van der Waals surface area contributed by atoms with Crippen LogP contribution in [0.15, 0.2) is 59.3 Å². The number of nitrogens with one attached hydrogen (secondary N) is 1. The fourth-order valence-corrected chi connectivity index (χ4v) is 3.09. The van der Waals surface area contributed by atoms with Gasteiger partial charge >= 0.3 is 0 Å². The van der Waals surface area contributed by atoms with E-state index in [1.165, 1.54) is 7.11 Å². The molecule has 4 rings (SSSR count). The van der Waals surface area contributed by atoms with Crippen LogP contribution in [-0.4, -0.2) is 29.1 Å². The first-order valence-corrected chi connectivity index (χ1v) is 8.51. The average molecular weight is 349 g/mol. The maximum absolute atomic E-state index is 12.5. The highest BCUT2D eigenvalue weighted by atomic mass is 16.5. The van der Waals surface area contributed by atoms with Gasteiger partial charge in [-0.1, -0.05) is 24.3 Å². The van der Waals surface area contributed by atoms with Crippen molar-refractivity contribution in [2.24, 2.45) is 0 Å². The molecule has 2 aromatic heterocycles. The van der Waals surface area contributed by atoms with Gasteiger partial charge in [-0.2, -0.15) is 0 Å². The molecule has 0 fully saturated rings. The Labute approximate surface area is 150 Å². The van der Waals surface area contributed by atoms with Crippen molar-refractivity contribution in [3.05, 3.63) is 60.6 Å². The van der Waals surface area contributed by atoms with Crippen LogP contribution in [0.2, 0.25) is 0 Å². The summed E-state index contributed by atoms with van der Waals surface area (Å²) in [5.41, 5.74) is 2.71. The quantitative estimate of drug-likeness (QED) is 0.540. The molecule has 1 amide bonds. The summed E-state index contributed by atoms with van der Waals surface area (Å²) in [5.74, 6) is 0.411. The molecule has 0 saturated heterocycles. The van der Waals surface area contributed by atoms with Gasteiger partial charge in [-0.15, -0.1) is 0 Å². The molecule has 0 aliphatic carbocycles. The number of rotatable bonds is 6. The van der Waals surface area contributed by atoms with Crippen LogP contribution in [-0.2, 0) is 6.54 Å². The van der Waals surface area contributed by atoms with Crippen LogP contribution < -0.4 is 10.1 Å². The molecule has 26 heavy (non-hydrogen) atoms. The summed E-state index contributed by atoms with van der Waals surface area (Å²) in [6.07, 6.45) is 2.61. The van der Waals surface area contributed by atoms with Gasteiger partial charge in [0.25, 0.3) is 5.91 Å². The smallest absolute Gasteiger partial charge is 0.290 e. The standard InChI is InChI=1S/C20H19N3O3/c1-25-18-14-7-2-5-10-17(14)26-19(18)20(24)21-11-6-12-23-13-22-15-8-3-4-9-16(15)23/h2-5,7-10,13H,6,11-12H2,1H3,(H,21,24). The van der Waals surface area contributed by atoms with Crippen molar-refractivity contribution < 1.29 is 13.9 Å². The van der Waals surface area contributed by atoms with E-state index in [0.717, 1.165) is 29.4 Å². The Morgan fingerprint density at radius 2 is 2.00 bits per heavy atom. The lowest BCUT2D eigenvalue weighted by atomic mass is 10.2. The van der Waals surface area contributed by atoms with E-state index in [-0.39, 0.29) is 11.7 Å². The number of fused-ring (bicyclic) bond motifs is 2. The third kappa shape index (κ3) is 2.90. The van der Waals surface area contributed by atoms with Crippen molar-refractivity contribution in [1.29, 1.82) is 0 Å². The maximum Gasteiger partial charge on any atom is 0.290 e. The van der Waals surface area contributed by atoms with Gasteiger partial charge in [-0.25, -0.2) is 4.98 Å². The SMILES string of the molecule is COc1c(C(=O)NCCCn2cnc3ccccc32)oc2ccccc12. The topological polar surface area (TPSA) is 69.3 Å². The van der Waals surface area contributed by atoms with E-state index in [1.807, 2.05) is 54.9 Å². The Morgan fingerprint density at radius 1 is 1.19 bits per heavy atom. The summed E-state index contributed by atoms with van der Waals surface area (Å²) in [4.78, 5) is 16.8. The van der Waals surface area contributed by atoms with E-state index in [9.17, 15) is 4.79 Å². The van der Waals surface area contributed by atoms with E-state index in [2.05, 4.69) is 14.9 Å². The molecule has 0 radical (unpaired) electrons. The van der Waals surface area contributed by atoms with Crippen LogP contribution in [0.5, 0.6) is 5.75 Å². The molecule has 6 heteroatoms. The van der Waals surface area contributed by atoms with E-state index >= 15 is 0 Å². The highest BCUT2D eigenvalue weighted by molar-refractivity contribution is 6.01. The van der Waals surface area contributed by atoms with Crippen LogP contribution in [0.3, 0.4) is 0 Å². The van der Waals surface area contributed by atoms with Crippen LogP contribution >= 0.6 is 0 Å². The van der Waals surface area contributed by atoms with Crippen LogP contribution in [0.4, 0.5) is 0 Å². The molecule has 1 N–H and O–H groups in total. The summed E-state index contributed by atoms with van der Waals surface area (Å²) >= 11 is 0. The summed E-state index contributed by atoms with van der Waals surface area (Å²) in [5, 5.41) is 3.70. The first-order chi connectivity index (χ1) is 12.8. The number of para-hydroxylation sites is 3. The zero-order chi connectivity index (χ0) is 17.9. The molecule has 0 unspecified atom stereocenters. The molecule has 0 atom stereocenters. The van der Waals surface area contributed by atoms with Crippen molar-refractivity contribution in [2.45, 2.75) is 13.0 Å². The Morgan fingerprint density at radius 3 is 2.88 bits per heavy atom. The Hall–Kier alpha value is -3.28. The minimum Gasteiger partial charge on any atom is -0.492 e. The fraction of sp³-hybridized carbons (Fsp3) is 0.200. The Kier molecular flexibility index (Phi) is 4.31. The van der Waals surface area contributed by atoms with Gasteiger partial charge < -0.3 is 19.0 Å². The zero-order valence-corrected chi connectivity index (χ0v) is 14.4. The molecule has 132 valence electrons. The third-order valence-electron chi connectivity index (χ3n) is 4.35. The van der Waals surface area contributed by atoms with Crippen LogP contribution in [0.25, 0.3) is 22.0 Å². The number of methoxy groups -OCH3 is 1. The molecular weight excluding hydrogens is 330 g/mol. The zero-order valence-electron chi connectivity index (χ0n) is 14.4. The van der Waals surface area contributed by atoms with Crippen LogP contribution in [0.1, 0.15) is 17.0 Å². The molecule has 2 aromatic carbocycles. The molecule has 0 aliphatic heterocycles. The van der Waals surface area contributed by atoms with Gasteiger partial charge in [0.1, 0.15) is 5.58 Å². The van der Waals surface area contributed by atoms with E-state index in [1.54, 1.807) is 0 Å². The van der Waals surface area contributed by atoms with Gasteiger partial charge in [0.15, 0.2) is 5.75 Å². The number of amides is 1. The second-order valence-corrected chi connectivity index (χ2v) is 6.00.